The number of hydrogen-bond donors (Lipinski definition) is 1. The van der Waals surface area contributed by atoms with Crippen LogP contribution in [0.2, 0.25) is 0 Å². The van der Waals surface area contributed by atoms with Gasteiger partial charge in [-0.3, -0.25) is 4.79 Å². The van der Waals surface area contributed by atoms with Gasteiger partial charge in [0.25, 0.3) is 5.56 Å². The van der Waals surface area contributed by atoms with Crippen LogP contribution in [-0.4, -0.2) is 34.6 Å². The zero-order chi connectivity index (χ0) is 21.6. The number of halogens is 3. The first kappa shape index (κ1) is 20.5. The van der Waals surface area contributed by atoms with Gasteiger partial charge in [-0.1, -0.05) is 12.1 Å². The average Bonchev–Trinajstić information content (AvgIpc) is 2.67. The molecule has 30 heavy (non-hydrogen) atoms. The number of nitrogens with zero attached hydrogens (tertiary/aromatic N) is 2. The van der Waals surface area contributed by atoms with E-state index in [1.807, 2.05) is 19.9 Å². The third-order valence-corrected chi connectivity index (χ3v) is 5.80. The van der Waals surface area contributed by atoms with Gasteiger partial charge in [0.2, 0.25) is 0 Å². The summed E-state index contributed by atoms with van der Waals surface area (Å²) in [7, 11) is 0. The molecule has 1 aromatic heterocycles. The third-order valence-electron chi connectivity index (χ3n) is 5.80. The summed E-state index contributed by atoms with van der Waals surface area (Å²) in [6.45, 7) is 5.37. The summed E-state index contributed by atoms with van der Waals surface area (Å²) < 4.78 is 40.9. The fourth-order valence-corrected chi connectivity index (χ4v) is 4.53. The molecule has 1 saturated heterocycles. The number of benzene rings is 1. The molecule has 5 nitrogen and oxygen atoms in total. The molecule has 2 atom stereocenters. The summed E-state index contributed by atoms with van der Waals surface area (Å²) in [6.07, 6.45) is -3.56. The fourth-order valence-electron chi connectivity index (χ4n) is 4.53. The van der Waals surface area contributed by atoms with Crippen LogP contribution in [0, 0.1) is 5.92 Å². The third kappa shape index (κ3) is 3.82. The van der Waals surface area contributed by atoms with E-state index in [0.29, 0.717) is 19.6 Å². The van der Waals surface area contributed by atoms with Gasteiger partial charge >= 0.3 is 12.2 Å². The van der Waals surface area contributed by atoms with Crippen LogP contribution in [0.15, 0.2) is 41.2 Å². The molecule has 2 unspecified atom stereocenters. The summed E-state index contributed by atoms with van der Waals surface area (Å²) in [5, 5.41) is 2.91. The van der Waals surface area contributed by atoms with Crippen LogP contribution in [0.5, 0.6) is 0 Å². The largest absolute Gasteiger partial charge is 0.416 e. The van der Waals surface area contributed by atoms with E-state index in [1.165, 1.54) is 12.1 Å². The monoisotopic (exact) mass is 419 g/mol. The Kier molecular flexibility index (Phi) is 5.11. The van der Waals surface area contributed by atoms with Crippen molar-refractivity contribution in [1.29, 1.82) is 0 Å². The second kappa shape index (κ2) is 7.49. The predicted molar refractivity (Wildman–Crippen MR) is 107 cm³/mol. The maximum absolute atomic E-state index is 13.2. The number of carbonyl (C=O) groups is 1. The van der Waals surface area contributed by atoms with E-state index in [9.17, 15) is 22.8 Å². The molecule has 2 aliphatic rings. The number of carbonyl (C=O) groups excluding carboxylic acids is 1. The van der Waals surface area contributed by atoms with E-state index in [2.05, 4.69) is 5.32 Å². The fraction of sp³-hybridized carbons (Fsp3) is 0.455. The number of hydrogen-bond acceptors (Lipinski definition) is 2. The highest BCUT2D eigenvalue weighted by Crippen LogP contribution is 2.36. The van der Waals surface area contributed by atoms with E-state index >= 15 is 0 Å². The van der Waals surface area contributed by atoms with Crippen LogP contribution in [0.25, 0.3) is 11.1 Å². The summed E-state index contributed by atoms with van der Waals surface area (Å²) >= 11 is 0. The molecule has 160 valence electrons. The molecule has 0 aliphatic carbocycles. The number of rotatable bonds is 2. The van der Waals surface area contributed by atoms with Crippen molar-refractivity contribution in [2.45, 2.75) is 44.9 Å². The average molecular weight is 419 g/mol. The summed E-state index contributed by atoms with van der Waals surface area (Å²) in [4.78, 5) is 27.4. The molecule has 1 N–H and O–H groups in total. The maximum Gasteiger partial charge on any atom is 0.416 e. The van der Waals surface area contributed by atoms with Gasteiger partial charge in [0, 0.05) is 42.9 Å². The molecule has 0 spiro atoms. The summed E-state index contributed by atoms with van der Waals surface area (Å²) in [6, 6.07) is 8.24. The summed E-state index contributed by atoms with van der Waals surface area (Å²) in [5.41, 5.74) is 0.319. The van der Waals surface area contributed by atoms with Gasteiger partial charge in [-0.2, -0.15) is 13.2 Å². The second-order valence-corrected chi connectivity index (χ2v) is 8.47. The number of alkyl halides is 3. The van der Waals surface area contributed by atoms with Gasteiger partial charge in [0.05, 0.1) is 5.56 Å². The Morgan fingerprint density at radius 3 is 2.60 bits per heavy atom. The van der Waals surface area contributed by atoms with Gasteiger partial charge in [-0.25, -0.2) is 4.79 Å². The standard InChI is InChI=1S/C22H24F3N3O2/c1-13(2)26-21(30)27-10-14-8-16(12-27)19-7-6-18(20(29)28(19)11-14)15-4-3-5-17(9-15)22(23,24)25/h3-7,9,13-14,16H,8,10-12H2,1-2H3,(H,26,30). The van der Waals surface area contributed by atoms with Crippen molar-refractivity contribution in [3.8, 4) is 11.1 Å². The molecular formula is C22H24F3N3O2. The summed E-state index contributed by atoms with van der Waals surface area (Å²) in [5.74, 6) is 0.183. The molecule has 1 aromatic carbocycles. The van der Waals surface area contributed by atoms with E-state index in [4.69, 9.17) is 0 Å². The lowest BCUT2D eigenvalue weighted by Crippen LogP contribution is -2.52. The number of pyridine rings is 1. The molecule has 2 amide bonds. The minimum atomic E-state index is -4.46. The quantitative estimate of drug-likeness (QED) is 0.798. The number of urea groups is 1. The predicted octanol–water partition coefficient (Wildman–Crippen LogP) is 4.07. The minimum Gasteiger partial charge on any atom is -0.336 e. The van der Waals surface area contributed by atoms with E-state index in [-0.39, 0.29) is 40.6 Å². The lowest BCUT2D eigenvalue weighted by Gasteiger charge is -2.43. The molecule has 3 heterocycles. The first-order valence-electron chi connectivity index (χ1n) is 10.1. The van der Waals surface area contributed by atoms with Crippen LogP contribution in [-0.2, 0) is 12.7 Å². The van der Waals surface area contributed by atoms with Crippen molar-refractivity contribution in [3.05, 3.63) is 58.0 Å². The highest BCUT2D eigenvalue weighted by molar-refractivity contribution is 5.74. The Morgan fingerprint density at radius 2 is 1.90 bits per heavy atom. The van der Waals surface area contributed by atoms with Gasteiger partial charge in [0.1, 0.15) is 0 Å². The number of nitrogens with one attached hydrogen (secondary N) is 1. The molecule has 2 bridgehead atoms. The number of likely N-dealkylation sites (tertiary alicyclic amines) is 1. The number of amides is 2. The topological polar surface area (TPSA) is 54.3 Å². The van der Waals surface area contributed by atoms with Crippen molar-refractivity contribution < 1.29 is 18.0 Å². The van der Waals surface area contributed by atoms with Gasteiger partial charge < -0.3 is 14.8 Å². The first-order chi connectivity index (χ1) is 14.1. The Balaban J connectivity index is 1.66. The SMILES string of the molecule is CC(C)NC(=O)N1CC2CC(C1)c1ccc(-c3cccc(C(F)(F)F)c3)c(=O)n1C2. The zero-order valence-electron chi connectivity index (χ0n) is 16.9. The lowest BCUT2D eigenvalue weighted by molar-refractivity contribution is -0.137. The second-order valence-electron chi connectivity index (χ2n) is 8.47. The number of aromatic nitrogens is 1. The highest BCUT2D eigenvalue weighted by Gasteiger charge is 2.37. The Bertz CT molecular complexity index is 1030. The Hall–Kier alpha value is -2.77. The maximum atomic E-state index is 13.2. The van der Waals surface area contributed by atoms with Gasteiger partial charge in [0.15, 0.2) is 0 Å². The molecule has 1 fully saturated rings. The number of fused-ring (bicyclic) bond motifs is 4. The van der Waals surface area contributed by atoms with E-state index in [1.54, 1.807) is 15.5 Å². The lowest BCUT2D eigenvalue weighted by atomic mass is 9.83. The van der Waals surface area contributed by atoms with Crippen molar-refractivity contribution in [2.24, 2.45) is 5.92 Å². The Morgan fingerprint density at radius 1 is 1.13 bits per heavy atom. The van der Waals surface area contributed by atoms with Crippen LogP contribution in [0.3, 0.4) is 0 Å². The van der Waals surface area contributed by atoms with Gasteiger partial charge in [-0.05, 0) is 56.0 Å². The van der Waals surface area contributed by atoms with Crippen LogP contribution in [0.1, 0.15) is 37.4 Å². The van der Waals surface area contributed by atoms with Crippen molar-refractivity contribution in [1.82, 2.24) is 14.8 Å². The first-order valence-corrected chi connectivity index (χ1v) is 10.1. The molecule has 8 heteroatoms. The molecule has 0 radical (unpaired) electrons. The smallest absolute Gasteiger partial charge is 0.336 e. The molecule has 0 saturated carbocycles. The van der Waals surface area contributed by atoms with Crippen LogP contribution >= 0.6 is 0 Å². The van der Waals surface area contributed by atoms with E-state index < -0.39 is 11.7 Å². The molecule has 2 aliphatic heterocycles. The molecular weight excluding hydrogens is 395 g/mol. The number of piperidine rings is 1. The van der Waals surface area contributed by atoms with E-state index in [0.717, 1.165) is 24.2 Å². The zero-order valence-corrected chi connectivity index (χ0v) is 16.9. The van der Waals surface area contributed by atoms with Crippen molar-refractivity contribution in [2.75, 3.05) is 13.1 Å². The molecule has 4 rings (SSSR count). The Labute approximate surface area is 172 Å². The van der Waals surface area contributed by atoms with Crippen LogP contribution in [0.4, 0.5) is 18.0 Å². The van der Waals surface area contributed by atoms with Crippen molar-refractivity contribution >= 4 is 6.03 Å². The van der Waals surface area contributed by atoms with Crippen molar-refractivity contribution in [3.63, 3.8) is 0 Å². The van der Waals surface area contributed by atoms with Crippen LogP contribution < -0.4 is 10.9 Å². The van der Waals surface area contributed by atoms with Gasteiger partial charge in [-0.15, -0.1) is 0 Å². The highest BCUT2D eigenvalue weighted by atomic mass is 19.4. The normalized spacial score (nSPS) is 20.8. The minimum absolute atomic E-state index is 0.0404. The molecule has 2 aromatic rings.